The van der Waals surface area contributed by atoms with Gasteiger partial charge in [0.05, 0.1) is 17.8 Å². The maximum absolute atomic E-state index is 5.17. The molecular formula is C10H10BrN3OS. The van der Waals surface area contributed by atoms with Gasteiger partial charge in [0, 0.05) is 18.1 Å². The number of halogens is 1. The Morgan fingerprint density at radius 3 is 3.00 bits per heavy atom. The van der Waals surface area contributed by atoms with Gasteiger partial charge in [-0.1, -0.05) is 10.6 Å². The van der Waals surface area contributed by atoms with E-state index in [2.05, 4.69) is 30.8 Å². The van der Waals surface area contributed by atoms with Crippen LogP contribution in [-0.2, 0) is 6.54 Å². The van der Waals surface area contributed by atoms with Gasteiger partial charge in [0.25, 0.3) is 0 Å². The molecule has 0 amide bonds. The molecule has 0 aliphatic carbocycles. The molecule has 0 saturated carbocycles. The van der Waals surface area contributed by atoms with E-state index in [-0.39, 0.29) is 0 Å². The highest BCUT2D eigenvalue weighted by Gasteiger charge is 2.01. The Hall–Kier alpha value is -1.14. The molecule has 0 fully saturated rings. The molecule has 1 N–H and O–H groups in total. The lowest BCUT2D eigenvalue weighted by Gasteiger charge is -2.06. The molecule has 0 aliphatic rings. The summed E-state index contributed by atoms with van der Waals surface area (Å²) in [6.45, 7) is 0.743. The molecule has 2 aromatic rings. The van der Waals surface area contributed by atoms with Gasteiger partial charge in [0.1, 0.15) is 10.8 Å². The van der Waals surface area contributed by atoms with Crippen LogP contribution in [0, 0.1) is 0 Å². The van der Waals surface area contributed by atoms with E-state index in [4.69, 9.17) is 4.74 Å². The Morgan fingerprint density at radius 2 is 2.38 bits per heavy atom. The summed E-state index contributed by atoms with van der Waals surface area (Å²) in [6, 6.07) is 5.98. The number of ether oxygens (including phenoxy) is 1. The predicted octanol–water partition coefficient (Wildman–Crippen LogP) is 2.92. The number of benzene rings is 1. The number of hydrogen-bond donors (Lipinski definition) is 1. The summed E-state index contributed by atoms with van der Waals surface area (Å²) in [7, 11) is 1.65. The Balaban J connectivity index is 2.02. The highest BCUT2D eigenvalue weighted by atomic mass is 79.9. The van der Waals surface area contributed by atoms with E-state index in [1.807, 2.05) is 18.2 Å². The first kappa shape index (κ1) is 11.3. The Labute approximate surface area is 106 Å². The Kier molecular flexibility index (Phi) is 3.74. The molecule has 0 unspecified atom stereocenters. The van der Waals surface area contributed by atoms with Crippen molar-refractivity contribution in [1.82, 2.24) is 9.59 Å². The van der Waals surface area contributed by atoms with Crippen molar-refractivity contribution in [3.63, 3.8) is 0 Å². The van der Waals surface area contributed by atoms with E-state index in [1.165, 1.54) is 17.1 Å². The van der Waals surface area contributed by atoms with Crippen LogP contribution in [0.3, 0.4) is 0 Å². The topological polar surface area (TPSA) is 47.0 Å². The molecule has 2 rings (SSSR count). The number of methoxy groups -OCH3 is 1. The minimum Gasteiger partial charge on any atom is -0.496 e. The smallest absolute Gasteiger partial charge is 0.133 e. The van der Waals surface area contributed by atoms with Gasteiger partial charge in [0.2, 0.25) is 0 Å². The van der Waals surface area contributed by atoms with Crippen LogP contribution in [0.2, 0.25) is 0 Å². The molecule has 4 nitrogen and oxygen atoms in total. The van der Waals surface area contributed by atoms with Crippen LogP contribution in [0.15, 0.2) is 28.9 Å². The van der Waals surface area contributed by atoms with Crippen LogP contribution >= 0.6 is 27.5 Å². The van der Waals surface area contributed by atoms with Crippen molar-refractivity contribution in [2.24, 2.45) is 0 Å². The fraction of sp³-hybridized carbons (Fsp3) is 0.200. The van der Waals surface area contributed by atoms with Gasteiger partial charge in [-0.05, 0) is 33.6 Å². The second-order valence-corrected chi connectivity index (χ2v) is 4.74. The maximum atomic E-state index is 5.17. The highest BCUT2D eigenvalue weighted by molar-refractivity contribution is 9.10. The molecule has 16 heavy (non-hydrogen) atoms. The van der Waals surface area contributed by atoms with Crippen LogP contribution < -0.4 is 10.1 Å². The molecule has 0 atom stereocenters. The third-order valence-corrected chi connectivity index (χ3v) is 3.29. The standard InChI is InChI=1S/C10H10BrN3OS/c1-15-9-3-2-7(4-8(9)11)5-12-10-6-13-14-16-10/h2-4,6,12H,5H2,1H3. The molecule has 6 heteroatoms. The lowest BCUT2D eigenvalue weighted by Crippen LogP contribution is -1.97. The van der Waals surface area contributed by atoms with E-state index in [0.717, 1.165) is 21.8 Å². The zero-order chi connectivity index (χ0) is 11.4. The average Bonchev–Trinajstić information content (AvgIpc) is 2.79. The first-order valence-corrected chi connectivity index (χ1v) is 6.20. The summed E-state index contributed by atoms with van der Waals surface area (Å²) in [5.41, 5.74) is 1.17. The number of rotatable bonds is 4. The van der Waals surface area contributed by atoms with Gasteiger partial charge < -0.3 is 10.1 Å². The van der Waals surface area contributed by atoms with Gasteiger partial charge in [-0.15, -0.1) is 5.10 Å². The fourth-order valence-electron chi connectivity index (χ4n) is 1.25. The molecular weight excluding hydrogens is 290 g/mol. The van der Waals surface area contributed by atoms with Crippen LogP contribution in [0.25, 0.3) is 0 Å². The van der Waals surface area contributed by atoms with E-state index < -0.39 is 0 Å². The number of anilines is 1. The summed E-state index contributed by atoms with van der Waals surface area (Å²) >= 11 is 4.80. The average molecular weight is 300 g/mol. The molecule has 0 radical (unpaired) electrons. The number of nitrogens with one attached hydrogen (secondary N) is 1. The second kappa shape index (κ2) is 5.27. The normalized spacial score (nSPS) is 10.1. The number of nitrogens with zero attached hydrogens (tertiary/aromatic N) is 2. The van der Waals surface area contributed by atoms with Crippen molar-refractivity contribution < 1.29 is 4.74 Å². The minimum atomic E-state index is 0.743. The van der Waals surface area contributed by atoms with Crippen molar-refractivity contribution in [3.8, 4) is 5.75 Å². The van der Waals surface area contributed by atoms with E-state index in [0.29, 0.717) is 0 Å². The summed E-state index contributed by atoms with van der Waals surface area (Å²) in [4.78, 5) is 0. The molecule has 0 aliphatic heterocycles. The molecule has 1 aromatic heterocycles. The van der Waals surface area contributed by atoms with Crippen molar-refractivity contribution in [3.05, 3.63) is 34.4 Å². The van der Waals surface area contributed by atoms with Gasteiger partial charge in [0.15, 0.2) is 0 Å². The molecule has 0 spiro atoms. The third-order valence-electron chi connectivity index (χ3n) is 2.04. The molecule has 1 heterocycles. The first-order chi connectivity index (χ1) is 7.79. The van der Waals surface area contributed by atoms with Gasteiger partial charge in [-0.2, -0.15) is 0 Å². The quantitative estimate of drug-likeness (QED) is 0.943. The van der Waals surface area contributed by atoms with Gasteiger partial charge in [-0.3, -0.25) is 0 Å². The summed E-state index contributed by atoms with van der Waals surface area (Å²) in [5, 5.41) is 7.96. The minimum absolute atomic E-state index is 0.743. The predicted molar refractivity (Wildman–Crippen MR) is 67.9 cm³/mol. The zero-order valence-electron chi connectivity index (χ0n) is 8.61. The number of aromatic nitrogens is 2. The monoisotopic (exact) mass is 299 g/mol. The number of hydrogen-bond acceptors (Lipinski definition) is 5. The molecule has 0 bridgehead atoms. The Morgan fingerprint density at radius 1 is 1.50 bits per heavy atom. The van der Waals surface area contributed by atoms with E-state index in [9.17, 15) is 0 Å². The largest absolute Gasteiger partial charge is 0.496 e. The van der Waals surface area contributed by atoms with Crippen LogP contribution in [0.4, 0.5) is 5.00 Å². The van der Waals surface area contributed by atoms with E-state index >= 15 is 0 Å². The zero-order valence-corrected chi connectivity index (χ0v) is 11.0. The van der Waals surface area contributed by atoms with Crippen molar-refractivity contribution in [1.29, 1.82) is 0 Å². The van der Waals surface area contributed by atoms with E-state index in [1.54, 1.807) is 13.3 Å². The van der Waals surface area contributed by atoms with Crippen molar-refractivity contribution >= 4 is 32.5 Å². The maximum Gasteiger partial charge on any atom is 0.133 e. The first-order valence-electron chi connectivity index (χ1n) is 4.63. The molecule has 0 saturated heterocycles. The van der Waals surface area contributed by atoms with Crippen molar-refractivity contribution in [2.45, 2.75) is 6.54 Å². The lowest BCUT2D eigenvalue weighted by atomic mass is 10.2. The Bertz CT molecular complexity index is 461. The van der Waals surface area contributed by atoms with Crippen LogP contribution in [0.1, 0.15) is 5.56 Å². The van der Waals surface area contributed by atoms with Gasteiger partial charge >= 0.3 is 0 Å². The van der Waals surface area contributed by atoms with Gasteiger partial charge in [-0.25, -0.2) is 0 Å². The summed E-state index contributed by atoms with van der Waals surface area (Å²) < 4.78 is 9.90. The lowest BCUT2D eigenvalue weighted by molar-refractivity contribution is 0.412. The van der Waals surface area contributed by atoms with Crippen molar-refractivity contribution in [2.75, 3.05) is 12.4 Å². The SMILES string of the molecule is COc1ccc(CNc2cnns2)cc1Br. The van der Waals surface area contributed by atoms with Crippen LogP contribution in [-0.4, -0.2) is 16.7 Å². The molecule has 84 valence electrons. The molecule has 1 aromatic carbocycles. The van der Waals surface area contributed by atoms with Crippen LogP contribution in [0.5, 0.6) is 5.75 Å². The fourth-order valence-corrected chi connectivity index (χ4v) is 2.26. The third kappa shape index (κ3) is 2.70. The highest BCUT2D eigenvalue weighted by Crippen LogP contribution is 2.25. The second-order valence-electron chi connectivity index (χ2n) is 3.10. The summed E-state index contributed by atoms with van der Waals surface area (Å²) in [5.74, 6) is 0.836. The summed E-state index contributed by atoms with van der Waals surface area (Å²) in [6.07, 6.45) is 1.71.